The Labute approximate surface area is 202 Å². The molecule has 3 aromatic carbocycles. The van der Waals surface area contributed by atoms with Crippen LogP contribution in [0.4, 0.5) is 5.69 Å². The molecule has 0 bridgehead atoms. The fraction of sp³-hybridized carbons (Fsp3) is 0.0435. The van der Waals surface area contributed by atoms with Crippen molar-refractivity contribution < 1.29 is 9.53 Å². The van der Waals surface area contributed by atoms with Crippen molar-refractivity contribution in [3.05, 3.63) is 97.3 Å². The third-order valence-electron chi connectivity index (χ3n) is 4.29. The fourth-order valence-corrected chi connectivity index (χ4v) is 4.46. The van der Waals surface area contributed by atoms with Crippen LogP contribution in [-0.2, 0) is 11.4 Å². The van der Waals surface area contributed by atoms with Gasteiger partial charge >= 0.3 is 0 Å². The van der Waals surface area contributed by atoms with Gasteiger partial charge in [-0.1, -0.05) is 65.7 Å². The van der Waals surface area contributed by atoms with E-state index in [4.69, 9.17) is 27.9 Å². The molecular formula is C23H15BrCl2N2O2S. The monoisotopic (exact) mass is 532 g/mol. The number of ether oxygens (including phenoxy) is 1. The third kappa shape index (κ3) is 5.52. The summed E-state index contributed by atoms with van der Waals surface area (Å²) in [6.45, 7) is 0.476. The van der Waals surface area contributed by atoms with E-state index in [0.717, 1.165) is 21.3 Å². The van der Waals surface area contributed by atoms with E-state index in [0.29, 0.717) is 32.4 Å². The highest BCUT2D eigenvalue weighted by Crippen LogP contribution is 2.35. The number of hydrogen-bond donors (Lipinski definition) is 1. The molecule has 1 fully saturated rings. The van der Waals surface area contributed by atoms with E-state index in [1.807, 2.05) is 48.5 Å². The molecule has 0 aromatic heterocycles. The van der Waals surface area contributed by atoms with E-state index in [-0.39, 0.29) is 5.91 Å². The zero-order valence-corrected chi connectivity index (χ0v) is 19.9. The second-order valence-corrected chi connectivity index (χ2v) is 9.19. The van der Waals surface area contributed by atoms with Crippen LogP contribution in [0.25, 0.3) is 6.08 Å². The van der Waals surface area contributed by atoms with Crippen LogP contribution in [0.2, 0.25) is 10.0 Å². The van der Waals surface area contributed by atoms with Crippen molar-refractivity contribution in [2.75, 3.05) is 0 Å². The number of hydrogen-bond acceptors (Lipinski definition) is 4. The van der Waals surface area contributed by atoms with Crippen molar-refractivity contribution in [3.8, 4) is 5.75 Å². The van der Waals surface area contributed by atoms with Gasteiger partial charge in [0.05, 0.1) is 25.1 Å². The van der Waals surface area contributed by atoms with Gasteiger partial charge in [0.15, 0.2) is 5.17 Å². The van der Waals surface area contributed by atoms with Crippen molar-refractivity contribution in [3.63, 3.8) is 0 Å². The minimum atomic E-state index is -0.220. The maximum absolute atomic E-state index is 12.4. The lowest BCUT2D eigenvalue weighted by Gasteiger charge is -2.09. The van der Waals surface area contributed by atoms with Crippen molar-refractivity contribution in [1.29, 1.82) is 0 Å². The highest BCUT2D eigenvalue weighted by molar-refractivity contribution is 9.10. The van der Waals surface area contributed by atoms with Crippen LogP contribution in [0.3, 0.4) is 0 Å². The number of rotatable bonds is 5. The van der Waals surface area contributed by atoms with Crippen LogP contribution in [0, 0.1) is 0 Å². The first-order chi connectivity index (χ1) is 15.0. The van der Waals surface area contributed by atoms with Crippen LogP contribution in [0.5, 0.6) is 5.75 Å². The topological polar surface area (TPSA) is 50.7 Å². The Morgan fingerprint density at radius 1 is 1.06 bits per heavy atom. The summed E-state index contributed by atoms with van der Waals surface area (Å²) in [6.07, 6.45) is 1.80. The molecule has 1 amide bonds. The summed E-state index contributed by atoms with van der Waals surface area (Å²) in [5.41, 5.74) is 2.45. The number of thioether (sulfide) groups is 1. The highest BCUT2D eigenvalue weighted by Gasteiger charge is 2.24. The van der Waals surface area contributed by atoms with Gasteiger partial charge in [-0.3, -0.25) is 4.79 Å². The number of nitrogens with zero attached hydrogens (tertiary/aromatic N) is 1. The average Bonchev–Trinajstić information content (AvgIpc) is 3.10. The van der Waals surface area contributed by atoms with Gasteiger partial charge in [-0.25, -0.2) is 4.99 Å². The van der Waals surface area contributed by atoms with E-state index < -0.39 is 0 Å². The Bertz CT molecular complexity index is 1200. The quantitative estimate of drug-likeness (QED) is 0.352. The molecule has 0 radical (unpaired) electrons. The number of amides is 1. The molecule has 1 heterocycles. The van der Waals surface area contributed by atoms with E-state index in [9.17, 15) is 4.79 Å². The molecule has 1 aliphatic rings. The Hall–Kier alpha value is -2.25. The number of amidine groups is 1. The van der Waals surface area contributed by atoms with Gasteiger partial charge < -0.3 is 10.1 Å². The van der Waals surface area contributed by atoms with Crippen molar-refractivity contribution >= 4 is 73.7 Å². The zero-order valence-electron chi connectivity index (χ0n) is 15.9. The lowest BCUT2D eigenvalue weighted by molar-refractivity contribution is -0.115. The summed E-state index contributed by atoms with van der Waals surface area (Å²) in [6, 6.07) is 20.8. The van der Waals surface area contributed by atoms with Crippen molar-refractivity contribution in [2.45, 2.75) is 6.61 Å². The number of carbonyl (C=O) groups is 1. The van der Waals surface area contributed by atoms with E-state index in [1.54, 1.807) is 24.3 Å². The van der Waals surface area contributed by atoms with Crippen LogP contribution >= 0.6 is 50.9 Å². The Morgan fingerprint density at radius 2 is 1.87 bits per heavy atom. The summed E-state index contributed by atoms with van der Waals surface area (Å²) in [4.78, 5) is 17.3. The van der Waals surface area contributed by atoms with E-state index >= 15 is 0 Å². The Balaban J connectivity index is 1.48. The first-order valence-corrected chi connectivity index (χ1v) is 11.6. The molecule has 31 heavy (non-hydrogen) atoms. The predicted molar refractivity (Wildman–Crippen MR) is 132 cm³/mol. The standard InChI is InChI=1S/C23H15BrCl2N2O2S/c24-16-11-15(9-10-19(16)30-13-14-5-2-1-3-6-14)12-20-22(29)28-23(31-20)27-18-8-4-7-17(25)21(18)26/h1-12H,13H2,(H,27,28,29)/b20-12-. The van der Waals surface area contributed by atoms with Crippen LogP contribution in [-0.4, -0.2) is 11.1 Å². The molecule has 1 N–H and O–H groups in total. The van der Waals surface area contributed by atoms with Gasteiger partial charge in [0, 0.05) is 0 Å². The normalized spacial score (nSPS) is 16.0. The minimum Gasteiger partial charge on any atom is -0.488 e. The number of halogens is 3. The predicted octanol–water partition coefficient (Wildman–Crippen LogP) is 7.23. The summed E-state index contributed by atoms with van der Waals surface area (Å²) in [7, 11) is 0. The summed E-state index contributed by atoms with van der Waals surface area (Å²) >= 11 is 17.0. The van der Waals surface area contributed by atoms with Gasteiger partial charge in [0.1, 0.15) is 12.4 Å². The Morgan fingerprint density at radius 3 is 2.65 bits per heavy atom. The molecule has 0 aliphatic carbocycles. The van der Waals surface area contributed by atoms with E-state index in [2.05, 4.69) is 26.2 Å². The number of benzene rings is 3. The second kappa shape index (κ2) is 9.92. The average molecular weight is 534 g/mol. The largest absolute Gasteiger partial charge is 0.488 e. The first kappa shape index (κ1) is 22.0. The van der Waals surface area contributed by atoms with Crippen LogP contribution in [0.1, 0.15) is 11.1 Å². The van der Waals surface area contributed by atoms with Gasteiger partial charge in [-0.2, -0.15) is 0 Å². The SMILES string of the molecule is O=C1NC(=Nc2cccc(Cl)c2Cl)S/C1=C\c1ccc(OCc2ccccc2)c(Br)c1. The number of nitrogens with one attached hydrogen (secondary N) is 1. The summed E-state index contributed by atoms with van der Waals surface area (Å²) < 4.78 is 6.69. The molecule has 0 atom stereocenters. The zero-order chi connectivity index (χ0) is 21.8. The molecular weight excluding hydrogens is 519 g/mol. The highest BCUT2D eigenvalue weighted by atomic mass is 79.9. The second-order valence-electron chi connectivity index (χ2n) is 6.52. The van der Waals surface area contributed by atoms with Gasteiger partial charge in [0.25, 0.3) is 5.91 Å². The smallest absolute Gasteiger partial charge is 0.264 e. The van der Waals surface area contributed by atoms with Crippen LogP contribution in [0.15, 0.2) is 81.1 Å². The van der Waals surface area contributed by atoms with Crippen LogP contribution < -0.4 is 10.1 Å². The maximum Gasteiger partial charge on any atom is 0.264 e. The number of aliphatic imine (C=N–C) groups is 1. The molecule has 8 heteroatoms. The van der Waals surface area contributed by atoms with Gasteiger partial charge in [-0.15, -0.1) is 0 Å². The molecule has 3 aromatic rings. The molecule has 156 valence electrons. The molecule has 0 spiro atoms. The third-order valence-corrected chi connectivity index (χ3v) is 6.63. The van der Waals surface area contributed by atoms with E-state index in [1.165, 1.54) is 11.8 Å². The summed E-state index contributed by atoms with van der Waals surface area (Å²) in [5, 5.41) is 3.95. The lowest BCUT2D eigenvalue weighted by atomic mass is 10.2. The van der Waals surface area contributed by atoms with Gasteiger partial charge in [0.2, 0.25) is 0 Å². The summed E-state index contributed by atoms with van der Waals surface area (Å²) in [5.74, 6) is 0.509. The molecule has 1 saturated heterocycles. The molecule has 1 aliphatic heterocycles. The van der Waals surface area contributed by atoms with Crippen molar-refractivity contribution in [1.82, 2.24) is 5.32 Å². The molecule has 0 unspecified atom stereocenters. The Kier molecular flexibility index (Phi) is 7.02. The molecule has 0 saturated carbocycles. The molecule has 4 nitrogen and oxygen atoms in total. The fourth-order valence-electron chi connectivity index (χ4n) is 2.78. The first-order valence-electron chi connectivity index (χ1n) is 9.19. The maximum atomic E-state index is 12.4. The lowest BCUT2D eigenvalue weighted by Crippen LogP contribution is -2.19. The van der Waals surface area contributed by atoms with Crippen molar-refractivity contribution in [2.24, 2.45) is 4.99 Å². The molecule has 4 rings (SSSR count). The number of carbonyl (C=O) groups excluding carboxylic acids is 1. The van der Waals surface area contributed by atoms with Gasteiger partial charge in [-0.05, 0) is 69.2 Å². The minimum absolute atomic E-state index is 0.220.